The van der Waals surface area contributed by atoms with Gasteiger partial charge in [0.1, 0.15) is 0 Å². The van der Waals surface area contributed by atoms with Gasteiger partial charge in [-0.25, -0.2) is 4.98 Å². The van der Waals surface area contributed by atoms with E-state index in [1.54, 1.807) is 0 Å². The monoisotopic (exact) mass is 770 g/mol. The van der Waals surface area contributed by atoms with Crippen molar-refractivity contribution in [2.24, 2.45) is 17.8 Å². The largest absolute Gasteiger partial charge is 0.424 e. The van der Waals surface area contributed by atoms with Crippen molar-refractivity contribution in [3.8, 4) is 0 Å². The predicted molar refractivity (Wildman–Crippen MR) is 245 cm³/mol. The van der Waals surface area contributed by atoms with Crippen LogP contribution in [0, 0.1) is 17.8 Å². The van der Waals surface area contributed by atoms with Crippen LogP contribution < -0.4 is 26.3 Å². The molecule has 0 saturated heterocycles. The second-order valence-electron chi connectivity index (χ2n) is 23.3. The number of rotatable bonds is 3. The molecule has 5 aromatic rings. The van der Waals surface area contributed by atoms with Crippen LogP contribution in [0.5, 0.6) is 0 Å². The van der Waals surface area contributed by atoms with Gasteiger partial charge in [0.05, 0.1) is 5.59 Å². The van der Waals surface area contributed by atoms with E-state index in [0.29, 0.717) is 0 Å². The summed E-state index contributed by atoms with van der Waals surface area (Å²) in [6, 6.07) is 31.3. The average molecular weight is 770 g/mol. The van der Waals surface area contributed by atoms with Crippen molar-refractivity contribution in [1.82, 2.24) is 4.98 Å². The lowest BCUT2D eigenvalue weighted by Gasteiger charge is -2.57. The van der Waals surface area contributed by atoms with Gasteiger partial charge in [-0.3, -0.25) is 4.90 Å². The fourth-order valence-corrected chi connectivity index (χ4v) is 11.9. The fourth-order valence-electron chi connectivity index (χ4n) is 11.9. The summed E-state index contributed by atoms with van der Waals surface area (Å²) in [7, 11) is 0. The van der Waals surface area contributed by atoms with E-state index in [1.807, 2.05) is 0 Å². The number of hydrogen-bond donors (Lipinski definition) is 0. The molecule has 5 heteroatoms. The van der Waals surface area contributed by atoms with Gasteiger partial charge in [-0.2, -0.15) is 0 Å². The molecule has 0 N–H and O–H groups in total. The van der Waals surface area contributed by atoms with Gasteiger partial charge >= 0.3 is 0 Å². The van der Waals surface area contributed by atoms with Crippen LogP contribution in [0.2, 0.25) is 0 Å². The van der Waals surface area contributed by atoms with Crippen LogP contribution in [0.25, 0.3) is 0 Å². The molecular formula is C53H64BN3O. The molecule has 0 amide bonds. The van der Waals surface area contributed by atoms with Crippen molar-refractivity contribution in [2.45, 2.75) is 149 Å². The first-order chi connectivity index (χ1) is 27.2. The Morgan fingerprint density at radius 1 is 0.552 bits per heavy atom. The van der Waals surface area contributed by atoms with Crippen molar-refractivity contribution in [2.75, 3.05) is 9.80 Å². The molecule has 0 radical (unpaired) electrons. The van der Waals surface area contributed by atoms with E-state index in [9.17, 15) is 0 Å². The maximum absolute atomic E-state index is 7.15. The Balaban J connectivity index is 1.30. The molecule has 0 spiro atoms. The Hall–Kier alpha value is -4.25. The van der Waals surface area contributed by atoms with Crippen LogP contribution in [-0.2, 0) is 27.1 Å². The Labute approximate surface area is 348 Å². The molecule has 4 fully saturated rings. The predicted octanol–water partition coefficient (Wildman–Crippen LogP) is 12.4. The number of benzene rings is 4. The molecule has 1 aromatic heterocycles. The topological polar surface area (TPSA) is 32.5 Å². The highest BCUT2D eigenvalue weighted by Gasteiger charge is 2.54. The van der Waals surface area contributed by atoms with Crippen LogP contribution in [0.4, 0.5) is 34.3 Å². The first-order valence-corrected chi connectivity index (χ1v) is 22.3. The standard InChI is InChI=1S/C53H64BN3O/c1-49(2,3)35-13-18-39(19-14-35)56-42-22-17-37(51(7,8)9)26-41(42)54-45-43(56)27-38(53-29-32-23-33(30-53)25-34(24-32)31-53)28-44(45)57(40-20-15-36(16-21-40)50(4,5)6)47-46(54)55-48(58-47)52(10,11)12/h13-22,26-28,32-34H,23-25,29-31H2,1-12H3. The van der Waals surface area contributed by atoms with Gasteiger partial charge in [0.25, 0.3) is 6.71 Å². The number of anilines is 6. The summed E-state index contributed by atoms with van der Waals surface area (Å²) in [4.78, 5) is 10.6. The average Bonchev–Trinajstić information content (AvgIpc) is 3.59. The number of oxazole rings is 1. The smallest absolute Gasteiger partial charge is 0.279 e. The van der Waals surface area contributed by atoms with E-state index in [2.05, 4.69) is 172 Å². The summed E-state index contributed by atoms with van der Waals surface area (Å²) in [6.45, 7) is 27.5. The summed E-state index contributed by atoms with van der Waals surface area (Å²) >= 11 is 0. The van der Waals surface area contributed by atoms with Gasteiger partial charge in [0, 0.05) is 33.9 Å². The van der Waals surface area contributed by atoms with Crippen LogP contribution in [-0.4, -0.2) is 11.7 Å². The Morgan fingerprint density at radius 2 is 1.02 bits per heavy atom. The first kappa shape index (κ1) is 38.0. The maximum Gasteiger partial charge on any atom is 0.279 e. The highest BCUT2D eigenvalue weighted by atomic mass is 16.4. The minimum atomic E-state index is -0.260. The molecule has 4 bridgehead atoms. The molecule has 0 unspecified atom stereocenters. The molecule has 58 heavy (non-hydrogen) atoms. The van der Waals surface area contributed by atoms with Crippen molar-refractivity contribution in [3.63, 3.8) is 0 Å². The third-order valence-corrected chi connectivity index (χ3v) is 14.7. The first-order valence-electron chi connectivity index (χ1n) is 22.3. The Kier molecular flexibility index (Phi) is 8.12. The quantitative estimate of drug-likeness (QED) is 0.168. The van der Waals surface area contributed by atoms with Crippen molar-refractivity contribution < 1.29 is 4.42 Å². The molecule has 4 saturated carbocycles. The molecule has 4 nitrogen and oxygen atoms in total. The summed E-state index contributed by atoms with van der Waals surface area (Å²) < 4.78 is 7.15. The highest BCUT2D eigenvalue weighted by molar-refractivity contribution is 6.99. The molecule has 11 rings (SSSR count). The zero-order chi connectivity index (χ0) is 40.9. The zero-order valence-corrected chi connectivity index (χ0v) is 37.3. The molecule has 0 atom stereocenters. The summed E-state index contributed by atoms with van der Waals surface area (Å²) in [5.74, 6) is 4.20. The molecule has 300 valence electrons. The Bertz CT molecular complexity index is 2390. The van der Waals surface area contributed by atoms with Crippen LogP contribution in [0.15, 0.2) is 83.3 Å². The van der Waals surface area contributed by atoms with Crippen molar-refractivity contribution in [3.05, 3.63) is 107 Å². The fraction of sp³-hybridized carbons (Fsp3) is 0.491. The van der Waals surface area contributed by atoms with Crippen molar-refractivity contribution >= 4 is 57.6 Å². The van der Waals surface area contributed by atoms with Gasteiger partial charge < -0.3 is 9.32 Å². The number of aromatic nitrogens is 1. The Morgan fingerprint density at radius 3 is 1.50 bits per heavy atom. The molecule has 6 aliphatic rings. The van der Waals surface area contributed by atoms with Gasteiger partial charge in [-0.1, -0.05) is 119 Å². The van der Waals surface area contributed by atoms with E-state index in [0.717, 1.165) is 40.8 Å². The minimum Gasteiger partial charge on any atom is -0.424 e. The minimum absolute atomic E-state index is 0.0155. The molecule has 3 heterocycles. The normalized spacial score (nSPS) is 23.6. The number of hydrogen-bond acceptors (Lipinski definition) is 4. The lowest BCUT2D eigenvalue weighted by atomic mass is 9.35. The number of nitrogens with zero attached hydrogens (tertiary/aromatic N) is 3. The van der Waals surface area contributed by atoms with Crippen molar-refractivity contribution in [1.29, 1.82) is 0 Å². The van der Waals surface area contributed by atoms with E-state index >= 15 is 0 Å². The van der Waals surface area contributed by atoms with E-state index < -0.39 is 0 Å². The summed E-state index contributed by atoms with van der Waals surface area (Å²) in [5, 5.41) is 0. The molecule has 2 aliphatic heterocycles. The molecular weight excluding hydrogens is 705 g/mol. The van der Waals surface area contributed by atoms with E-state index in [-0.39, 0.29) is 33.8 Å². The summed E-state index contributed by atoms with van der Waals surface area (Å²) in [5.41, 5.74) is 15.4. The highest BCUT2D eigenvalue weighted by Crippen LogP contribution is 2.62. The maximum atomic E-state index is 7.15. The molecule has 4 aliphatic carbocycles. The second-order valence-corrected chi connectivity index (χ2v) is 23.3. The van der Waals surface area contributed by atoms with E-state index in [4.69, 9.17) is 9.40 Å². The van der Waals surface area contributed by atoms with Crippen LogP contribution >= 0.6 is 0 Å². The van der Waals surface area contributed by atoms with Crippen LogP contribution in [0.3, 0.4) is 0 Å². The van der Waals surface area contributed by atoms with E-state index in [1.165, 1.54) is 94.5 Å². The lowest BCUT2D eigenvalue weighted by Crippen LogP contribution is -2.62. The third-order valence-electron chi connectivity index (χ3n) is 14.7. The summed E-state index contributed by atoms with van der Waals surface area (Å²) in [6.07, 6.45) is 8.23. The van der Waals surface area contributed by atoms with Gasteiger partial charge in [-0.05, 0) is 154 Å². The third kappa shape index (κ3) is 5.94. The zero-order valence-electron chi connectivity index (χ0n) is 37.3. The van der Waals surface area contributed by atoms with Gasteiger partial charge in [0.15, 0.2) is 0 Å². The second kappa shape index (κ2) is 12.4. The van der Waals surface area contributed by atoms with Gasteiger partial charge in [-0.15, -0.1) is 0 Å². The molecule has 4 aromatic carbocycles. The lowest BCUT2D eigenvalue weighted by molar-refractivity contribution is -0.00514. The van der Waals surface area contributed by atoms with Crippen LogP contribution in [0.1, 0.15) is 150 Å². The number of fused-ring (bicyclic) bond motifs is 4. The SMILES string of the molecule is CC(C)(C)c1ccc(N2c3ccc(C(C)(C)C)cc3B3c4nc(C(C)(C)C)oc4N(c4ccc(C(C)(C)C)cc4)c4cc(C56CC7CC(CC(C7)C5)C6)cc2c43)cc1. The van der Waals surface area contributed by atoms with Gasteiger partial charge in [0.2, 0.25) is 11.8 Å².